The van der Waals surface area contributed by atoms with Gasteiger partial charge in [0.25, 0.3) is 0 Å². The molecule has 32 heavy (non-hydrogen) atoms. The number of hydrogen-bond donors (Lipinski definition) is 0. The summed E-state index contributed by atoms with van der Waals surface area (Å²) in [6.07, 6.45) is 5.12. The first-order chi connectivity index (χ1) is 15.1. The van der Waals surface area contributed by atoms with Crippen LogP contribution in [0.2, 0.25) is 0 Å². The average molecular weight is 452 g/mol. The molecule has 0 amide bonds. The lowest BCUT2D eigenvalue weighted by molar-refractivity contribution is -0.156. The van der Waals surface area contributed by atoms with E-state index < -0.39 is 11.0 Å². The standard InChI is InChI=1S/C23H34FN3O5/c1-6-30-20(29)23(5)9-11-27(12-10-23)21-25-14-18(15-26-21)31-16-17(13-24)7-8-19(28)32-22(2,3)4/h13-15H,6-12,16H2,1-5H3/b17-13+. The maximum atomic E-state index is 13.2. The molecule has 8 nitrogen and oxygen atoms in total. The van der Waals surface area contributed by atoms with Gasteiger partial charge in [-0.15, -0.1) is 0 Å². The van der Waals surface area contributed by atoms with Crippen molar-refractivity contribution < 1.29 is 28.2 Å². The van der Waals surface area contributed by atoms with Crippen molar-refractivity contribution in [3.8, 4) is 5.75 Å². The van der Waals surface area contributed by atoms with Crippen LogP contribution in [0.4, 0.5) is 10.3 Å². The molecule has 1 aromatic heterocycles. The van der Waals surface area contributed by atoms with E-state index in [4.69, 9.17) is 14.2 Å². The third-order valence-corrected chi connectivity index (χ3v) is 5.18. The number of esters is 2. The third-order valence-electron chi connectivity index (χ3n) is 5.18. The van der Waals surface area contributed by atoms with Crippen molar-refractivity contribution in [3.63, 3.8) is 0 Å². The van der Waals surface area contributed by atoms with E-state index >= 15 is 0 Å². The highest BCUT2D eigenvalue weighted by Gasteiger charge is 2.38. The lowest BCUT2D eigenvalue weighted by Crippen LogP contribution is -2.44. The number of rotatable bonds is 9. The molecule has 2 heterocycles. The fourth-order valence-electron chi connectivity index (χ4n) is 3.25. The second-order valence-electron chi connectivity index (χ2n) is 9.13. The van der Waals surface area contributed by atoms with Gasteiger partial charge in [0.15, 0.2) is 5.75 Å². The Balaban J connectivity index is 1.81. The van der Waals surface area contributed by atoms with Crippen LogP contribution in [-0.4, -0.2) is 53.8 Å². The summed E-state index contributed by atoms with van der Waals surface area (Å²) >= 11 is 0. The van der Waals surface area contributed by atoms with Crippen molar-refractivity contribution in [2.24, 2.45) is 5.41 Å². The van der Waals surface area contributed by atoms with E-state index in [1.165, 1.54) is 12.4 Å². The van der Waals surface area contributed by atoms with Crippen LogP contribution < -0.4 is 9.64 Å². The summed E-state index contributed by atoms with van der Waals surface area (Å²) in [7, 11) is 0. The zero-order valence-corrected chi connectivity index (χ0v) is 19.6. The van der Waals surface area contributed by atoms with E-state index in [0.29, 0.717) is 56.1 Å². The first-order valence-corrected chi connectivity index (χ1v) is 10.9. The van der Waals surface area contributed by atoms with Gasteiger partial charge in [0.1, 0.15) is 12.2 Å². The first kappa shape index (κ1) is 25.5. The monoisotopic (exact) mass is 451 g/mol. The molecule has 178 valence electrons. The minimum Gasteiger partial charge on any atom is -0.486 e. The van der Waals surface area contributed by atoms with Crippen LogP contribution in [0, 0.1) is 5.41 Å². The van der Waals surface area contributed by atoms with E-state index in [0.717, 1.165) is 0 Å². The Morgan fingerprint density at radius 1 is 1.19 bits per heavy atom. The molecule has 1 fully saturated rings. The van der Waals surface area contributed by atoms with Gasteiger partial charge in [-0.1, -0.05) is 0 Å². The number of ether oxygens (including phenoxy) is 3. The molecule has 0 spiro atoms. The smallest absolute Gasteiger partial charge is 0.311 e. The van der Waals surface area contributed by atoms with Crippen molar-refractivity contribution >= 4 is 17.9 Å². The minimum atomic E-state index is -0.571. The van der Waals surface area contributed by atoms with Crippen LogP contribution in [0.5, 0.6) is 5.75 Å². The summed E-state index contributed by atoms with van der Waals surface area (Å²) in [5.41, 5.74) is -0.712. The summed E-state index contributed by atoms with van der Waals surface area (Å²) in [5, 5.41) is 0. The quantitative estimate of drug-likeness (QED) is 0.521. The topological polar surface area (TPSA) is 90.8 Å². The van der Waals surface area contributed by atoms with Crippen molar-refractivity contribution in [2.75, 3.05) is 31.2 Å². The van der Waals surface area contributed by atoms with Crippen molar-refractivity contribution in [2.45, 2.75) is 65.9 Å². The molecule has 0 atom stereocenters. The molecule has 1 aliphatic heterocycles. The Labute approximate surface area is 189 Å². The van der Waals surface area contributed by atoms with Crippen LogP contribution in [0.15, 0.2) is 24.3 Å². The summed E-state index contributed by atoms with van der Waals surface area (Å²) < 4.78 is 29.1. The lowest BCUT2D eigenvalue weighted by Gasteiger charge is -2.37. The fraction of sp³-hybridized carbons (Fsp3) is 0.652. The predicted octanol–water partition coefficient (Wildman–Crippen LogP) is 4.00. The molecule has 0 radical (unpaired) electrons. The molecule has 0 unspecified atom stereocenters. The largest absolute Gasteiger partial charge is 0.486 e. The van der Waals surface area contributed by atoms with E-state index in [1.54, 1.807) is 27.7 Å². The Hall–Kier alpha value is -2.71. The van der Waals surface area contributed by atoms with E-state index in [9.17, 15) is 14.0 Å². The van der Waals surface area contributed by atoms with Gasteiger partial charge < -0.3 is 19.1 Å². The molecule has 1 saturated heterocycles. The molecule has 0 aromatic carbocycles. The molecule has 0 saturated carbocycles. The highest BCUT2D eigenvalue weighted by atomic mass is 19.1. The second kappa shape index (κ2) is 11.2. The summed E-state index contributed by atoms with van der Waals surface area (Å²) in [5.74, 6) is 0.408. The Kier molecular flexibility index (Phi) is 8.98. The van der Waals surface area contributed by atoms with Crippen molar-refractivity contribution in [1.82, 2.24) is 9.97 Å². The van der Waals surface area contributed by atoms with E-state index in [1.807, 2.05) is 11.8 Å². The van der Waals surface area contributed by atoms with Gasteiger partial charge >= 0.3 is 11.9 Å². The number of carbonyl (C=O) groups is 2. The number of aromatic nitrogens is 2. The molecule has 0 N–H and O–H groups in total. The van der Waals surface area contributed by atoms with Gasteiger partial charge in [0, 0.05) is 19.5 Å². The molecule has 1 aromatic rings. The molecule has 2 rings (SSSR count). The number of piperidine rings is 1. The highest BCUT2D eigenvalue weighted by Crippen LogP contribution is 2.33. The molecule has 0 aliphatic carbocycles. The van der Waals surface area contributed by atoms with Crippen LogP contribution >= 0.6 is 0 Å². The summed E-state index contributed by atoms with van der Waals surface area (Å²) in [4.78, 5) is 34.6. The Morgan fingerprint density at radius 2 is 1.81 bits per heavy atom. The molecular formula is C23H34FN3O5. The molecule has 0 bridgehead atoms. The van der Waals surface area contributed by atoms with Crippen LogP contribution in [-0.2, 0) is 19.1 Å². The number of hydrogen-bond acceptors (Lipinski definition) is 8. The van der Waals surface area contributed by atoms with Gasteiger partial charge in [0.2, 0.25) is 5.95 Å². The van der Waals surface area contributed by atoms with Crippen LogP contribution in [0.3, 0.4) is 0 Å². The first-order valence-electron chi connectivity index (χ1n) is 10.9. The van der Waals surface area contributed by atoms with Crippen LogP contribution in [0.25, 0.3) is 0 Å². The molecule has 1 aliphatic rings. The highest BCUT2D eigenvalue weighted by molar-refractivity contribution is 5.76. The minimum absolute atomic E-state index is 0.0103. The predicted molar refractivity (Wildman–Crippen MR) is 118 cm³/mol. The summed E-state index contributed by atoms with van der Waals surface area (Å²) in [6.45, 7) is 10.8. The summed E-state index contributed by atoms with van der Waals surface area (Å²) in [6, 6.07) is 0. The molecular weight excluding hydrogens is 417 g/mol. The van der Waals surface area contributed by atoms with Gasteiger partial charge in [-0.05, 0) is 59.5 Å². The van der Waals surface area contributed by atoms with Gasteiger partial charge in [-0.25, -0.2) is 14.4 Å². The van der Waals surface area contributed by atoms with E-state index in [-0.39, 0.29) is 31.4 Å². The molecule has 9 heteroatoms. The lowest BCUT2D eigenvalue weighted by atomic mass is 9.80. The maximum Gasteiger partial charge on any atom is 0.311 e. The second-order valence-corrected chi connectivity index (χ2v) is 9.13. The number of halogens is 1. The fourth-order valence-corrected chi connectivity index (χ4v) is 3.25. The third kappa shape index (κ3) is 7.76. The normalized spacial score (nSPS) is 16.4. The average Bonchev–Trinajstić information content (AvgIpc) is 2.74. The van der Waals surface area contributed by atoms with Crippen molar-refractivity contribution in [3.05, 3.63) is 24.3 Å². The zero-order valence-electron chi connectivity index (χ0n) is 19.6. The van der Waals surface area contributed by atoms with Gasteiger partial charge in [-0.2, -0.15) is 0 Å². The van der Waals surface area contributed by atoms with Crippen molar-refractivity contribution in [1.29, 1.82) is 0 Å². The number of carbonyl (C=O) groups excluding carboxylic acids is 2. The number of nitrogens with zero attached hydrogens (tertiary/aromatic N) is 3. The Morgan fingerprint density at radius 3 is 2.34 bits per heavy atom. The SMILES string of the molecule is CCOC(=O)C1(C)CCN(c2ncc(OC/C(=C/F)CCC(=O)OC(C)(C)C)cn2)CC1. The van der Waals surface area contributed by atoms with Crippen LogP contribution in [0.1, 0.15) is 60.3 Å². The number of anilines is 1. The zero-order chi connectivity index (χ0) is 23.8. The Bertz CT molecular complexity index is 797. The van der Waals surface area contributed by atoms with Gasteiger partial charge in [0.05, 0.1) is 30.7 Å². The maximum absolute atomic E-state index is 13.2. The van der Waals surface area contributed by atoms with E-state index in [2.05, 4.69) is 9.97 Å². The van der Waals surface area contributed by atoms with Gasteiger partial charge in [-0.3, -0.25) is 9.59 Å².